The van der Waals surface area contributed by atoms with Crippen molar-refractivity contribution in [1.29, 1.82) is 0 Å². The van der Waals surface area contributed by atoms with E-state index in [1.165, 1.54) is 50.6 Å². The zero-order valence-corrected chi connectivity index (χ0v) is 15.5. The highest BCUT2D eigenvalue weighted by molar-refractivity contribution is 7.90. The summed E-state index contributed by atoms with van der Waals surface area (Å²) in [6.07, 6.45) is 0. The molecule has 0 aliphatic rings. The van der Waals surface area contributed by atoms with Crippen LogP contribution in [0.25, 0.3) is 0 Å². The summed E-state index contributed by atoms with van der Waals surface area (Å²) in [5.41, 5.74) is 0.188. The van der Waals surface area contributed by atoms with Gasteiger partial charge in [0.25, 0.3) is 10.0 Å². The fraction of sp³-hybridized carbons (Fsp3) is 0.133. The van der Waals surface area contributed by atoms with Gasteiger partial charge in [-0.25, -0.2) is 17.9 Å². The van der Waals surface area contributed by atoms with Crippen molar-refractivity contribution in [2.24, 2.45) is 0 Å². The minimum atomic E-state index is -4.06. The Morgan fingerprint density at radius 1 is 1.00 bits per heavy atom. The van der Waals surface area contributed by atoms with Gasteiger partial charge < -0.3 is 14.8 Å². The lowest BCUT2D eigenvalue weighted by molar-refractivity contribution is 0.256. The summed E-state index contributed by atoms with van der Waals surface area (Å²) in [5, 5.41) is 3.03. The Morgan fingerprint density at radius 3 is 2.16 bits per heavy atom. The van der Waals surface area contributed by atoms with Gasteiger partial charge in [-0.05, 0) is 24.3 Å². The van der Waals surface area contributed by atoms with Crippen LogP contribution >= 0.6 is 23.2 Å². The van der Waals surface area contributed by atoms with Gasteiger partial charge in [0.1, 0.15) is 11.5 Å². The van der Waals surface area contributed by atoms with E-state index in [0.29, 0.717) is 10.8 Å². The van der Waals surface area contributed by atoms with Crippen molar-refractivity contribution in [1.82, 2.24) is 4.72 Å². The normalized spacial score (nSPS) is 10.9. The quantitative estimate of drug-likeness (QED) is 0.794. The minimum absolute atomic E-state index is 0.104. The highest BCUT2D eigenvalue weighted by Crippen LogP contribution is 2.35. The van der Waals surface area contributed by atoms with Crippen LogP contribution in [0.5, 0.6) is 11.5 Å². The number of carbonyl (C=O) groups is 1. The zero-order chi connectivity index (χ0) is 18.6. The summed E-state index contributed by atoms with van der Waals surface area (Å²) in [7, 11) is -1.27. The predicted octanol–water partition coefficient (Wildman–Crippen LogP) is 3.52. The van der Waals surface area contributed by atoms with Crippen LogP contribution in [-0.2, 0) is 10.0 Å². The summed E-state index contributed by atoms with van der Waals surface area (Å²) < 4.78 is 36.4. The van der Waals surface area contributed by atoms with E-state index in [1.54, 1.807) is 0 Å². The molecule has 0 fully saturated rings. The van der Waals surface area contributed by atoms with Crippen LogP contribution in [-0.4, -0.2) is 28.7 Å². The average Bonchev–Trinajstić information content (AvgIpc) is 2.55. The van der Waals surface area contributed by atoms with Crippen LogP contribution in [0.3, 0.4) is 0 Å². The fourth-order valence-electron chi connectivity index (χ4n) is 1.90. The Labute approximate surface area is 154 Å². The topological polar surface area (TPSA) is 93.7 Å². The van der Waals surface area contributed by atoms with Crippen molar-refractivity contribution in [3.63, 3.8) is 0 Å². The van der Waals surface area contributed by atoms with Gasteiger partial charge in [-0.3, -0.25) is 0 Å². The zero-order valence-electron chi connectivity index (χ0n) is 13.2. The molecule has 10 heteroatoms. The lowest BCUT2D eigenvalue weighted by Crippen LogP contribution is -2.34. The number of methoxy groups -OCH3 is 2. The molecule has 0 bridgehead atoms. The van der Waals surface area contributed by atoms with Crippen LogP contribution in [0.2, 0.25) is 10.0 Å². The number of anilines is 1. The molecule has 0 saturated carbocycles. The molecule has 2 N–H and O–H groups in total. The van der Waals surface area contributed by atoms with Crippen molar-refractivity contribution in [3.8, 4) is 11.5 Å². The molecule has 7 nitrogen and oxygen atoms in total. The van der Waals surface area contributed by atoms with Crippen molar-refractivity contribution >= 4 is 44.9 Å². The molecule has 134 valence electrons. The first-order valence-electron chi connectivity index (χ1n) is 6.77. The van der Waals surface area contributed by atoms with E-state index in [9.17, 15) is 13.2 Å². The number of urea groups is 1. The van der Waals surface area contributed by atoms with Crippen molar-refractivity contribution in [3.05, 3.63) is 46.4 Å². The van der Waals surface area contributed by atoms with Crippen LogP contribution in [0, 0.1) is 0 Å². The van der Waals surface area contributed by atoms with Crippen LogP contribution < -0.4 is 19.5 Å². The van der Waals surface area contributed by atoms with Gasteiger partial charge in [0, 0.05) is 17.2 Å². The molecule has 0 atom stereocenters. The second-order valence-corrected chi connectivity index (χ2v) is 7.23. The molecule has 0 unspecified atom stereocenters. The van der Waals surface area contributed by atoms with Crippen molar-refractivity contribution in [2.45, 2.75) is 4.90 Å². The minimum Gasteiger partial charge on any atom is -0.495 e. The largest absolute Gasteiger partial charge is 0.495 e. The van der Waals surface area contributed by atoms with Crippen molar-refractivity contribution < 1.29 is 22.7 Å². The highest BCUT2D eigenvalue weighted by Gasteiger charge is 2.19. The fourth-order valence-corrected chi connectivity index (χ4v) is 3.16. The number of hydrogen-bond donors (Lipinski definition) is 2. The third-order valence-corrected chi connectivity index (χ3v) is 4.97. The lowest BCUT2D eigenvalue weighted by Gasteiger charge is -2.14. The smallest absolute Gasteiger partial charge is 0.333 e. The predicted molar refractivity (Wildman–Crippen MR) is 95.3 cm³/mol. The number of ether oxygens (including phenoxy) is 2. The van der Waals surface area contributed by atoms with E-state index in [2.05, 4.69) is 5.32 Å². The van der Waals surface area contributed by atoms with Gasteiger partial charge in [-0.1, -0.05) is 23.2 Å². The van der Waals surface area contributed by atoms with Gasteiger partial charge in [-0.2, -0.15) is 0 Å². The Kier molecular flexibility index (Phi) is 5.99. The molecule has 0 saturated heterocycles. The number of hydrogen-bond acceptors (Lipinski definition) is 5. The standard InChI is InChI=1S/C15H14Cl2N2O5S/c1-23-13-8-12(14(24-2)7-11(13)17)18-15(20)19-25(21,22)10-5-3-9(16)4-6-10/h3-8H,1-2H3,(H2,18,19,20). The first-order chi connectivity index (χ1) is 11.8. The highest BCUT2D eigenvalue weighted by atomic mass is 35.5. The van der Waals surface area contributed by atoms with E-state index in [1.807, 2.05) is 4.72 Å². The first-order valence-corrected chi connectivity index (χ1v) is 9.01. The Morgan fingerprint density at radius 2 is 1.60 bits per heavy atom. The van der Waals surface area contributed by atoms with Gasteiger partial charge in [0.2, 0.25) is 0 Å². The average molecular weight is 405 g/mol. The number of carbonyl (C=O) groups excluding carboxylic acids is 1. The van der Waals surface area contributed by atoms with Gasteiger partial charge in [0.05, 0.1) is 29.8 Å². The van der Waals surface area contributed by atoms with E-state index < -0.39 is 16.1 Å². The van der Waals surface area contributed by atoms with E-state index in [0.717, 1.165) is 0 Å². The van der Waals surface area contributed by atoms with Crippen molar-refractivity contribution in [2.75, 3.05) is 19.5 Å². The van der Waals surface area contributed by atoms with E-state index in [-0.39, 0.29) is 21.4 Å². The Balaban J connectivity index is 2.21. The number of halogens is 2. The van der Waals surface area contributed by atoms with Crippen LogP contribution in [0.15, 0.2) is 41.3 Å². The van der Waals surface area contributed by atoms with Gasteiger partial charge >= 0.3 is 6.03 Å². The molecule has 2 amide bonds. The number of benzene rings is 2. The SMILES string of the molecule is COc1cc(NC(=O)NS(=O)(=O)c2ccc(Cl)cc2)c(OC)cc1Cl. The summed E-state index contributed by atoms with van der Waals surface area (Å²) in [5.74, 6) is 0.531. The van der Waals surface area contributed by atoms with Gasteiger partial charge in [0.15, 0.2) is 0 Å². The number of amides is 2. The number of sulfonamides is 1. The number of nitrogens with one attached hydrogen (secondary N) is 2. The first kappa shape index (κ1) is 19.2. The molecular formula is C15H14Cl2N2O5S. The lowest BCUT2D eigenvalue weighted by atomic mass is 10.2. The summed E-state index contributed by atoms with van der Waals surface area (Å²) in [6.45, 7) is 0. The molecule has 2 aromatic carbocycles. The molecule has 2 aromatic rings. The maximum atomic E-state index is 12.2. The van der Waals surface area contributed by atoms with E-state index >= 15 is 0 Å². The second-order valence-electron chi connectivity index (χ2n) is 4.70. The third-order valence-electron chi connectivity index (χ3n) is 3.07. The maximum Gasteiger partial charge on any atom is 0.333 e. The monoisotopic (exact) mass is 404 g/mol. The molecule has 0 aromatic heterocycles. The Hall–Kier alpha value is -2.16. The molecule has 0 radical (unpaired) electrons. The molecule has 0 aliphatic carbocycles. The third kappa shape index (κ3) is 4.68. The summed E-state index contributed by atoms with van der Waals surface area (Å²) in [4.78, 5) is 12.0. The maximum absolute atomic E-state index is 12.2. The molecule has 25 heavy (non-hydrogen) atoms. The second kappa shape index (κ2) is 7.81. The van der Waals surface area contributed by atoms with Crippen LogP contribution in [0.4, 0.5) is 10.5 Å². The van der Waals surface area contributed by atoms with E-state index in [4.69, 9.17) is 32.7 Å². The molecule has 0 heterocycles. The van der Waals surface area contributed by atoms with Crippen LogP contribution in [0.1, 0.15) is 0 Å². The molecule has 2 rings (SSSR count). The molecule has 0 aliphatic heterocycles. The summed E-state index contributed by atoms with van der Waals surface area (Å²) in [6, 6.07) is 7.24. The number of rotatable bonds is 5. The molecule has 0 spiro atoms. The summed E-state index contributed by atoms with van der Waals surface area (Å²) >= 11 is 11.7. The van der Waals surface area contributed by atoms with Gasteiger partial charge in [-0.15, -0.1) is 0 Å². The molecular weight excluding hydrogens is 391 g/mol. The Bertz CT molecular complexity index is 886.